The third-order valence-electron chi connectivity index (χ3n) is 2.48. The van der Waals surface area contributed by atoms with E-state index in [1.807, 2.05) is 0 Å². The Bertz CT molecular complexity index is 674. The van der Waals surface area contributed by atoms with Crippen LogP contribution in [0, 0.1) is 5.82 Å². The first-order valence-corrected chi connectivity index (χ1v) is 6.69. The second-order valence-electron chi connectivity index (χ2n) is 3.88. The number of hydrazone groups is 1. The van der Waals surface area contributed by atoms with Crippen LogP contribution in [0.15, 0.2) is 35.4 Å². The van der Waals surface area contributed by atoms with E-state index < -0.39 is 0 Å². The summed E-state index contributed by atoms with van der Waals surface area (Å²) < 4.78 is 13.6. The molecular formula is C13H9Cl3FN3. The van der Waals surface area contributed by atoms with E-state index in [-0.39, 0.29) is 26.8 Å². The van der Waals surface area contributed by atoms with Crippen molar-refractivity contribution in [3.8, 4) is 0 Å². The Labute approximate surface area is 130 Å². The van der Waals surface area contributed by atoms with Crippen LogP contribution in [0.1, 0.15) is 12.5 Å². The predicted octanol–water partition coefficient (Wildman–Crippen LogP) is 5.02. The second-order valence-corrected chi connectivity index (χ2v) is 5.05. The van der Waals surface area contributed by atoms with Gasteiger partial charge in [0.05, 0.1) is 15.8 Å². The van der Waals surface area contributed by atoms with E-state index in [1.54, 1.807) is 25.1 Å². The summed E-state index contributed by atoms with van der Waals surface area (Å²) in [5.74, 6) is -0.111. The fraction of sp³-hybridized carbons (Fsp3) is 0.0769. The fourth-order valence-electron chi connectivity index (χ4n) is 1.47. The lowest BCUT2D eigenvalue weighted by Crippen LogP contribution is -2.03. The molecule has 104 valence electrons. The topological polar surface area (TPSA) is 37.3 Å². The average molecular weight is 333 g/mol. The lowest BCUT2D eigenvalue weighted by atomic mass is 10.1. The molecule has 20 heavy (non-hydrogen) atoms. The highest BCUT2D eigenvalue weighted by molar-refractivity contribution is 6.42. The standard InChI is InChI=1S/C13H9Cl3FN3/c1-7(8-4-2-3-5-11(8)17)19-20-13-10(15)6-9(14)12(16)18-13/h2-6H,1H3,(H,18,20). The largest absolute Gasteiger partial charge is 0.260 e. The highest BCUT2D eigenvalue weighted by atomic mass is 35.5. The number of nitrogens with zero attached hydrogens (tertiary/aromatic N) is 2. The van der Waals surface area contributed by atoms with Crippen LogP contribution in [0.5, 0.6) is 0 Å². The van der Waals surface area contributed by atoms with Crippen molar-refractivity contribution in [3.05, 3.63) is 56.9 Å². The van der Waals surface area contributed by atoms with Gasteiger partial charge in [0.2, 0.25) is 0 Å². The number of anilines is 1. The Morgan fingerprint density at radius 3 is 2.60 bits per heavy atom. The van der Waals surface area contributed by atoms with Crippen molar-refractivity contribution in [3.63, 3.8) is 0 Å². The molecule has 0 spiro atoms. The molecule has 3 nitrogen and oxygen atoms in total. The van der Waals surface area contributed by atoms with Crippen molar-refractivity contribution in [2.45, 2.75) is 6.92 Å². The lowest BCUT2D eigenvalue weighted by molar-refractivity contribution is 0.625. The van der Waals surface area contributed by atoms with Crippen LogP contribution >= 0.6 is 34.8 Å². The third-order valence-corrected chi connectivity index (χ3v) is 3.44. The van der Waals surface area contributed by atoms with Gasteiger partial charge in [-0.1, -0.05) is 53.0 Å². The van der Waals surface area contributed by atoms with Crippen LogP contribution in [0.3, 0.4) is 0 Å². The predicted molar refractivity (Wildman–Crippen MR) is 81.5 cm³/mol. The number of hydrogen-bond donors (Lipinski definition) is 1. The molecule has 0 saturated carbocycles. The minimum atomic E-state index is -0.358. The Hall–Kier alpha value is -1.36. The summed E-state index contributed by atoms with van der Waals surface area (Å²) in [6.45, 7) is 1.66. The van der Waals surface area contributed by atoms with Gasteiger partial charge in [0.25, 0.3) is 0 Å². The van der Waals surface area contributed by atoms with Crippen molar-refractivity contribution in [1.29, 1.82) is 0 Å². The number of aromatic nitrogens is 1. The Kier molecular flexibility index (Phi) is 4.81. The summed E-state index contributed by atoms with van der Waals surface area (Å²) in [5, 5.41) is 4.66. The van der Waals surface area contributed by atoms with Crippen LogP contribution in [0.25, 0.3) is 0 Å². The molecular weight excluding hydrogens is 324 g/mol. The normalized spacial score (nSPS) is 11.6. The maximum absolute atomic E-state index is 13.6. The molecule has 0 unspecified atom stereocenters. The minimum Gasteiger partial charge on any atom is -0.260 e. The maximum atomic E-state index is 13.6. The molecule has 2 rings (SSSR count). The number of pyridine rings is 1. The van der Waals surface area contributed by atoms with Gasteiger partial charge in [-0.2, -0.15) is 5.10 Å². The molecule has 1 aromatic carbocycles. The van der Waals surface area contributed by atoms with Crippen LogP contribution < -0.4 is 5.43 Å². The quantitative estimate of drug-likeness (QED) is 0.487. The van der Waals surface area contributed by atoms with E-state index in [1.165, 1.54) is 12.1 Å². The Morgan fingerprint density at radius 1 is 1.20 bits per heavy atom. The van der Waals surface area contributed by atoms with Gasteiger partial charge in [0, 0.05) is 5.56 Å². The third kappa shape index (κ3) is 3.39. The Balaban J connectivity index is 2.25. The maximum Gasteiger partial charge on any atom is 0.166 e. The zero-order valence-electron chi connectivity index (χ0n) is 10.3. The average Bonchev–Trinajstić information content (AvgIpc) is 2.41. The first kappa shape index (κ1) is 15.0. The van der Waals surface area contributed by atoms with Gasteiger partial charge in [-0.05, 0) is 19.1 Å². The SMILES string of the molecule is CC(=NNc1nc(Cl)c(Cl)cc1Cl)c1ccccc1F. The molecule has 0 aliphatic heterocycles. The number of halogens is 4. The van der Waals surface area contributed by atoms with Gasteiger partial charge < -0.3 is 0 Å². The van der Waals surface area contributed by atoms with Crippen molar-refractivity contribution in [2.24, 2.45) is 5.10 Å². The van der Waals surface area contributed by atoms with Crippen molar-refractivity contribution < 1.29 is 4.39 Å². The van der Waals surface area contributed by atoms with E-state index in [9.17, 15) is 4.39 Å². The first-order valence-electron chi connectivity index (χ1n) is 5.56. The molecule has 1 aromatic heterocycles. The summed E-state index contributed by atoms with van der Waals surface area (Å²) in [4.78, 5) is 3.95. The number of nitrogens with one attached hydrogen (secondary N) is 1. The summed E-state index contributed by atoms with van der Waals surface area (Å²) in [6, 6.07) is 7.77. The Morgan fingerprint density at radius 2 is 1.90 bits per heavy atom. The van der Waals surface area contributed by atoms with Crippen molar-refractivity contribution in [1.82, 2.24) is 4.98 Å². The molecule has 0 amide bonds. The lowest BCUT2D eigenvalue weighted by Gasteiger charge is -2.06. The van der Waals surface area contributed by atoms with E-state index in [0.717, 1.165) is 0 Å². The molecule has 0 radical (unpaired) electrons. The van der Waals surface area contributed by atoms with Gasteiger partial charge in [-0.15, -0.1) is 0 Å². The minimum absolute atomic E-state index is 0.109. The molecule has 7 heteroatoms. The van der Waals surface area contributed by atoms with E-state index >= 15 is 0 Å². The summed E-state index contributed by atoms with van der Waals surface area (Å²) in [6.07, 6.45) is 0. The fourth-order valence-corrected chi connectivity index (χ4v) is 2.01. The van der Waals surface area contributed by atoms with E-state index in [2.05, 4.69) is 15.5 Å². The monoisotopic (exact) mass is 331 g/mol. The molecule has 0 aliphatic carbocycles. The number of benzene rings is 1. The van der Waals surface area contributed by atoms with Gasteiger partial charge in [0.15, 0.2) is 5.82 Å². The molecule has 0 aliphatic rings. The molecule has 0 saturated heterocycles. The highest BCUT2D eigenvalue weighted by Gasteiger charge is 2.08. The van der Waals surface area contributed by atoms with Crippen LogP contribution in [0.4, 0.5) is 10.2 Å². The molecule has 0 bridgehead atoms. The summed E-state index contributed by atoms with van der Waals surface area (Å²) >= 11 is 17.5. The first-order chi connectivity index (χ1) is 9.49. The van der Waals surface area contributed by atoms with Crippen LogP contribution in [-0.2, 0) is 0 Å². The number of hydrogen-bond acceptors (Lipinski definition) is 3. The molecule has 0 atom stereocenters. The smallest absolute Gasteiger partial charge is 0.166 e. The van der Waals surface area contributed by atoms with Crippen molar-refractivity contribution in [2.75, 3.05) is 5.43 Å². The van der Waals surface area contributed by atoms with Crippen molar-refractivity contribution >= 4 is 46.3 Å². The van der Waals surface area contributed by atoms with Crippen LogP contribution in [0.2, 0.25) is 15.2 Å². The van der Waals surface area contributed by atoms with Crippen LogP contribution in [-0.4, -0.2) is 10.7 Å². The van der Waals surface area contributed by atoms with E-state index in [4.69, 9.17) is 34.8 Å². The van der Waals surface area contributed by atoms with E-state index in [0.29, 0.717) is 11.3 Å². The molecule has 1 N–H and O–H groups in total. The zero-order valence-corrected chi connectivity index (χ0v) is 12.6. The van der Waals surface area contributed by atoms with Gasteiger partial charge in [0.1, 0.15) is 11.0 Å². The second kappa shape index (κ2) is 6.39. The summed E-state index contributed by atoms with van der Waals surface area (Å²) in [5.41, 5.74) is 3.48. The number of rotatable bonds is 3. The van der Waals surface area contributed by atoms with Gasteiger partial charge in [-0.25, -0.2) is 9.37 Å². The molecule has 1 heterocycles. The molecule has 2 aromatic rings. The highest BCUT2D eigenvalue weighted by Crippen LogP contribution is 2.28. The van der Waals surface area contributed by atoms with Gasteiger partial charge in [-0.3, -0.25) is 5.43 Å². The summed E-state index contributed by atoms with van der Waals surface area (Å²) in [7, 11) is 0. The van der Waals surface area contributed by atoms with Gasteiger partial charge >= 0.3 is 0 Å². The molecule has 0 fully saturated rings. The zero-order chi connectivity index (χ0) is 14.7.